The average molecular weight is 359 g/mol. The van der Waals surface area contributed by atoms with Gasteiger partial charge in [-0.05, 0) is 40.5 Å². The molecule has 0 atom stereocenters. The monoisotopic (exact) mass is 359 g/mol. The zero-order chi connectivity index (χ0) is 18.5. The summed E-state index contributed by atoms with van der Waals surface area (Å²) in [7, 11) is 0. The quantitative estimate of drug-likeness (QED) is 0.639. The number of nitrogens with two attached hydrogens (primary N) is 1. The summed E-state index contributed by atoms with van der Waals surface area (Å²) in [5.74, 6) is -3.43. The lowest BCUT2D eigenvalue weighted by molar-refractivity contribution is -0.188. The van der Waals surface area contributed by atoms with Gasteiger partial charge in [0.15, 0.2) is 11.6 Å². The van der Waals surface area contributed by atoms with Gasteiger partial charge in [-0.15, -0.1) is 0 Å². The van der Waals surface area contributed by atoms with Crippen molar-refractivity contribution in [1.82, 2.24) is 0 Å². The Bertz CT molecular complexity index is 999. The van der Waals surface area contributed by atoms with Crippen LogP contribution >= 0.6 is 0 Å². The van der Waals surface area contributed by atoms with Gasteiger partial charge in [0.25, 0.3) is 0 Å². The largest absolute Gasteiger partial charge is 0.427 e. The Hall–Kier alpha value is -2.86. The molecule has 0 radical (unpaired) electrons. The number of rotatable bonds is 2. The predicted molar refractivity (Wildman–Crippen MR) is 89.6 cm³/mol. The van der Waals surface area contributed by atoms with Gasteiger partial charge < -0.3 is 10.5 Å². The molecule has 3 aromatic carbocycles. The summed E-state index contributed by atoms with van der Waals surface area (Å²) in [5.41, 5.74) is 7.58. The third kappa shape index (κ3) is 2.54. The standard InChI is InChI=1S/C20H13F4NO/c21-17-8-7-15-14-6-5-13(12-3-1-11(10-25)2-4-12)9-16(14)20(23,24)26-19(15)18(17)22/h1-9H,10,25H2. The Morgan fingerprint density at radius 3 is 2.19 bits per heavy atom. The lowest BCUT2D eigenvalue weighted by Crippen LogP contribution is -2.27. The van der Waals surface area contributed by atoms with Crippen LogP contribution in [0.25, 0.3) is 22.3 Å². The molecule has 0 saturated carbocycles. The fourth-order valence-electron chi connectivity index (χ4n) is 3.06. The summed E-state index contributed by atoms with van der Waals surface area (Å²) < 4.78 is 60.7. The van der Waals surface area contributed by atoms with Gasteiger partial charge >= 0.3 is 6.11 Å². The van der Waals surface area contributed by atoms with E-state index in [1.807, 2.05) is 12.1 Å². The first kappa shape index (κ1) is 16.6. The van der Waals surface area contributed by atoms with E-state index in [-0.39, 0.29) is 11.1 Å². The van der Waals surface area contributed by atoms with Crippen LogP contribution in [0, 0.1) is 11.6 Å². The highest BCUT2D eigenvalue weighted by Gasteiger charge is 2.43. The minimum Gasteiger partial charge on any atom is -0.425 e. The Morgan fingerprint density at radius 2 is 1.50 bits per heavy atom. The van der Waals surface area contributed by atoms with Crippen molar-refractivity contribution in [1.29, 1.82) is 0 Å². The average Bonchev–Trinajstić information content (AvgIpc) is 2.65. The zero-order valence-electron chi connectivity index (χ0n) is 13.4. The Balaban J connectivity index is 1.87. The van der Waals surface area contributed by atoms with Crippen molar-refractivity contribution in [3.63, 3.8) is 0 Å². The van der Waals surface area contributed by atoms with Gasteiger partial charge in [-0.1, -0.05) is 36.4 Å². The molecule has 0 aliphatic carbocycles. The molecule has 4 rings (SSSR count). The smallest absolute Gasteiger partial charge is 0.425 e. The van der Waals surface area contributed by atoms with Crippen molar-refractivity contribution in [2.45, 2.75) is 12.7 Å². The SMILES string of the molecule is NCc1ccc(-c2ccc3c(c2)C(F)(F)Oc2c-3ccc(F)c2F)cc1. The third-order valence-corrected chi connectivity index (χ3v) is 4.43. The van der Waals surface area contributed by atoms with E-state index >= 15 is 0 Å². The zero-order valence-corrected chi connectivity index (χ0v) is 13.4. The van der Waals surface area contributed by atoms with E-state index in [9.17, 15) is 17.6 Å². The van der Waals surface area contributed by atoms with E-state index < -0.39 is 29.1 Å². The minimum absolute atomic E-state index is 0.0925. The van der Waals surface area contributed by atoms with E-state index in [0.29, 0.717) is 12.1 Å². The molecule has 2 nitrogen and oxygen atoms in total. The van der Waals surface area contributed by atoms with Crippen molar-refractivity contribution in [2.75, 3.05) is 0 Å². The van der Waals surface area contributed by atoms with Crippen molar-refractivity contribution in [3.05, 3.63) is 77.4 Å². The summed E-state index contributed by atoms with van der Waals surface area (Å²) in [6.45, 7) is 0.384. The van der Waals surface area contributed by atoms with Gasteiger partial charge in [0, 0.05) is 12.1 Å². The molecule has 0 fully saturated rings. The van der Waals surface area contributed by atoms with E-state index in [0.717, 1.165) is 17.2 Å². The molecule has 1 heterocycles. The minimum atomic E-state index is -3.77. The maximum Gasteiger partial charge on any atom is 0.427 e. The number of ether oxygens (including phenoxy) is 1. The molecule has 2 N–H and O–H groups in total. The summed E-state index contributed by atoms with van der Waals surface area (Å²) in [6, 6.07) is 13.8. The van der Waals surface area contributed by atoms with Crippen LogP contribution in [-0.4, -0.2) is 0 Å². The summed E-state index contributed by atoms with van der Waals surface area (Å²) in [6.07, 6.45) is -3.77. The van der Waals surface area contributed by atoms with Crippen LogP contribution in [0.4, 0.5) is 17.6 Å². The molecule has 6 heteroatoms. The van der Waals surface area contributed by atoms with Crippen LogP contribution in [0.1, 0.15) is 11.1 Å². The molecular formula is C20H13F4NO. The van der Waals surface area contributed by atoms with Gasteiger partial charge in [-0.3, -0.25) is 0 Å². The highest BCUT2D eigenvalue weighted by atomic mass is 19.3. The van der Waals surface area contributed by atoms with Gasteiger partial charge in [-0.25, -0.2) is 4.39 Å². The van der Waals surface area contributed by atoms with Crippen LogP contribution in [0.15, 0.2) is 54.6 Å². The number of halogens is 4. The molecular weight excluding hydrogens is 346 g/mol. The fraction of sp³-hybridized carbons (Fsp3) is 0.100. The molecule has 3 aromatic rings. The van der Waals surface area contributed by atoms with Gasteiger partial charge in [0.1, 0.15) is 0 Å². The number of benzene rings is 3. The summed E-state index contributed by atoms with van der Waals surface area (Å²) >= 11 is 0. The highest BCUT2D eigenvalue weighted by molar-refractivity contribution is 5.79. The van der Waals surface area contributed by atoms with E-state index in [4.69, 9.17) is 5.73 Å². The van der Waals surface area contributed by atoms with Crippen molar-refractivity contribution in [2.24, 2.45) is 5.73 Å². The number of alkyl halides is 2. The van der Waals surface area contributed by atoms with Crippen molar-refractivity contribution < 1.29 is 22.3 Å². The first-order valence-electron chi connectivity index (χ1n) is 7.90. The molecule has 0 unspecified atom stereocenters. The normalized spacial score (nSPS) is 14.3. The number of hydrogen-bond acceptors (Lipinski definition) is 2. The molecule has 0 aromatic heterocycles. The lowest BCUT2D eigenvalue weighted by Gasteiger charge is -2.28. The maximum absolute atomic E-state index is 14.5. The lowest BCUT2D eigenvalue weighted by atomic mass is 9.92. The molecule has 0 bridgehead atoms. The molecule has 0 spiro atoms. The molecule has 26 heavy (non-hydrogen) atoms. The Labute approximate surface area is 146 Å². The number of hydrogen-bond donors (Lipinski definition) is 1. The van der Waals surface area contributed by atoms with Crippen LogP contribution in [0.2, 0.25) is 0 Å². The van der Waals surface area contributed by atoms with E-state index in [1.165, 1.54) is 18.2 Å². The molecule has 0 saturated heterocycles. The van der Waals surface area contributed by atoms with Crippen molar-refractivity contribution in [3.8, 4) is 28.0 Å². The van der Waals surface area contributed by atoms with Crippen LogP contribution in [0.3, 0.4) is 0 Å². The molecule has 132 valence electrons. The predicted octanol–water partition coefficient (Wildman–Crippen LogP) is 5.20. The first-order valence-corrected chi connectivity index (χ1v) is 7.90. The summed E-state index contributed by atoms with van der Waals surface area (Å²) in [5, 5.41) is 0. The first-order chi connectivity index (χ1) is 12.4. The topological polar surface area (TPSA) is 35.2 Å². The second kappa shape index (κ2) is 5.85. The van der Waals surface area contributed by atoms with Crippen LogP contribution in [0.5, 0.6) is 5.75 Å². The third-order valence-electron chi connectivity index (χ3n) is 4.43. The second-order valence-electron chi connectivity index (χ2n) is 6.02. The molecule has 1 aliphatic rings. The fourth-order valence-corrected chi connectivity index (χ4v) is 3.06. The van der Waals surface area contributed by atoms with Gasteiger partial charge in [0.2, 0.25) is 5.82 Å². The molecule has 0 amide bonds. The summed E-state index contributed by atoms with van der Waals surface area (Å²) in [4.78, 5) is 0. The molecule has 1 aliphatic heterocycles. The van der Waals surface area contributed by atoms with E-state index in [2.05, 4.69) is 4.74 Å². The second-order valence-corrected chi connectivity index (χ2v) is 6.02. The Kier molecular flexibility index (Phi) is 3.73. The van der Waals surface area contributed by atoms with Crippen LogP contribution in [-0.2, 0) is 12.7 Å². The van der Waals surface area contributed by atoms with Crippen LogP contribution < -0.4 is 10.5 Å². The van der Waals surface area contributed by atoms with Crippen molar-refractivity contribution >= 4 is 0 Å². The number of fused-ring (bicyclic) bond motifs is 3. The van der Waals surface area contributed by atoms with E-state index in [1.54, 1.807) is 18.2 Å². The highest BCUT2D eigenvalue weighted by Crippen LogP contribution is 2.49. The maximum atomic E-state index is 14.5. The van der Waals surface area contributed by atoms with Gasteiger partial charge in [0.05, 0.1) is 5.56 Å². The van der Waals surface area contributed by atoms with Gasteiger partial charge in [-0.2, -0.15) is 13.2 Å². The Morgan fingerprint density at radius 1 is 0.846 bits per heavy atom.